The van der Waals surface area contributed by atoms with Gasteiger partial charge in [0.2, 0.25) is 0 Å². The highest BCUT2D eigenvalue weighted by Crippen LogP contribution is 2.29. The van der Waals surface area contributed by atoms with Gasteiger partial charge in [0, 0.05) is 31.6 Å². The van der Waals surface area contributed by atoms with Crippen molar-refractivity contribution in [2.24, 2.45) is 0 Å². The summed E-state index contributed by atoms with van der Waals surface area (Å²) in [7, 11) is 1.87. The molecular formula is C12H19N3O. The summed E-state index contributed by atoms with van der Waals surface area (Å²) in [5, 5.41) is 6.57. The minimum absolute atomic E-state index is 0.0202. The Labute approximate surface area is 96.4 Å². The SMILES string of the molecule is CNc1cc(NC2(C)CCOC2C)ccn1. The number of hydrogen-bond donors (Lipinski definition) is 2. The van der Waals surface area contributed by atoms with Gasteiger partial charge in [0.1, 0.15) is 5.82 Å². The number of rotatable bonds is 3. The van der Waals surface area contributed by atoms with Crippen molar-refractivity contribution in [3.63, 3.8) is 0 Å². The molecule has 1 aliphatic rings. The molecule has 16 heavy (non-hydrogen) atoms. The van der Waals surface area contributed by atoms with E-state index in [1.165, 1.54) is 0 Å². The molecule has 1 aromatic heterocycles. The van der Waals surface area contributed by atoms with Gasteiger partial charge in [-0.05, 0) is 26.3 Å². The second kappa shape index (κ2) is 4.29. The number of ether oxygens (including phenoxy) is 1. The molecule has 2 rings (SSSR count). The molecule has 0 radical (unpaired) electrons. The zero-order chi connectivity index (χ0) is 11.6. The lowest BCUT2D eigenvalue weighted by atomic mass is 9.94. The number of pyridine rings is 1. The molecule has 4 heteroatoms. The van der Waals surface area contributed by atoms with Gasteiger partial charge in [0.05, 0.1) is 11.6 Å². The Morgan fingerprint density at radius 3 is 3.00 bits per heavy atom. The summed E-state index contributed by atoms with van der Waals surface area (Å²) in [6.45, 7) is 5.14. The summed E-state index contributed by atoms with van der Waals surface area (Å²) < 4.78 is 5.60. The normalized spacial score (nSPS) is 29.1. The molecule has 0 bridgehead atoms. The zero-order valence-electron chi connectivity index (χ0n) is 10.1. The fourth-order valence-corrected chi connectivity index (χ4v) is 1.97. The maximum Gasteiger partial charge on any atom is 0.127 e. The molecular weight excluding hydrogens is 202 g/mol. The van der Waals surface area contributed by atoms with Gasteiger partial charge in [-0.25, -0.2) is 4.98 Å². The van der Waals surface area contributed by atoms with E-state index < -0.39 is 0 Å². The van der Waals surface area contributed by atoms with E-state index in [4.69, 9.17) is 4.74 Å². The van der Waals surface area contributed by atoms with E-state index >= 15 is 0 Å². The van der Waals surface area contributed by atoms with E-state index in [1.54, 1.807) is 6.20 Å². The zero-order valence-corrected chi connectivity index (χ0v) is 10.1. The molecule has 2 unspecified atom stereocenters. The Bertz CT molecular complexity index is 369. The summed E-state index contributed by atoms with van der Waals surface area (Å²) >= 11 is 0. The van der Waals surface area contributed by atoms with Crippen LogP contribution in [0.25, 0.3) is 0 Å². The Morgan fingerprint density at radius 2 is 2.38 bits per heavy atom. The van der Waals surface area contributed by atoms with Gasteiger partial charge in [-0.2, -0.15) is 0 Å². The summed E-state index contributed by atoms with van der Waals surface area (Å²) in [6, 6.07) is 3.99. The molecule has 2 heterocycles. The van der Waals surface area contributed by atoms with Crippen LogP contribution in [0.3, 0.4) is 0 Å². The van der Waals surface area contributed by atoms with Crippen LogP contribution in [0.15, 0.2) is 18.3 Å². The number of nitrogens with one attached hydrogen (secondary N) is 2. The van der Waals surface area contributed by atoms with Crippen molar-refractivity contribution < 1.29 is 4.74 Å². The van der Waals surface area contributed by atoms with Crippen LogP contribution in [0.1, 0.15) is 20.3 Å². The molecule has 0 spiro atoms. The Hall–Kier alpha value is -1.29. The maximum absolute atomic E-state index is 5.60. The minimum atomic E-state index is 0.0202. The molecule has 1 aliphatic heterocycles. The van der Waals surface area contributed by atoms with Gasteiger partial charge in [-0.15, -0.1) is 0 Å². The van der Waals surface area contributed by atoms with E-state index in [9.17, 15) is 0 Å². The standard InChI is InChI=1S/C12H19N3O/c1-9-12(2,5-7-16-9)15-10-4-6-14-11(8-10)13-3/h4,6,8-9H,5,7H2,1-3H3,(H2,13,14,15). The van der Waals surface area contributed by atoms with Crippen LogP contribution in [0.5, 0.6) is 0 Å². The van der Waals surface area contributed by atoms with Crippen LogP contribution in [0.2, 0.25) is 0 Å². The third kappa shape index (κ3) is 2.11. The number of nitrogens with zero attached hydrogens (tertiary/aromatic N) is 1. The summed E-state index contributed by atoms with van der Waals surface area (Å²) in [4.78, 5) is 4.19. The Balaban J connectivity index is 2.13. The van der Waals surface area contributed by atoms with Crippen molar-refractivity contribution in [3.8, 4) is 0 Å². The van der Waals surface area contributed by atoms with Gasteiger partial charge in [-0.3, -0.25) is 0 Å². The molecule has 0 amide bonds. The molecule has 0 saturated carbocycles. The number of hydrogen-bond acceptors (Lipinski definition) is 4. The fraction of sp³-hybridized carbons (Fsp3) is 0.583. The molecule has 0 aromatic carbocycles. The quantitative estimate of drug-likeness (QED) is 0.820. The third-order valence-electron chi connectivity index (χ3n) is 3.33. The van der Waals surface area contributed by atoms with E-state index in [0.717, 1.165) is 24.5 Å². The van der Waals surface area contributed by atoms with E-state index in [0.29, 0.717) is 0 Å². The highest BCUT2D eigenvalue weighted by atomic mass is 16.5. The third-order valence-corrected chi connectivity index (χ3v) is 3.33. The predicted octanol–water partition coefficient (Wildman–Crippen LogP) is 2.10. The monoisotopic (exact) mass is 221 g/mol. The molecule has 2 atom stereocenters. The second-order valence-electron chi connectivity index (χ2n) is 4.49. The van der Waals surface area contributed by atoms with Gasteiger partial charge in [0.15, 0.2) is 0 Å². The number of aromatic nitrogens is 1. The number of anilines is 2. The van der Waals surface area contributed by atoms with E-state index in [1.807, 2.05) is 19.2 Å². The van der Waals surface area contributed by atoms with Crippen LogP contribution in [-0.2, 0) is 4.74 Å². The van der Waals surface area contributed by atoms with Crippen molar-refractivity contribution >= 4 is 11.5 Å². The molecule has 1 fully saturated rings. The highest BCUT2D eigenvalue weighted by Gasteiger charge is 2.36. The Kier molecular flexibility index (Phi) is 3.01. The van der Waals surface area contributed by atoms with Crippen LogP contribution >= 0.6 is 0 Å². The first kappa shape index (κ1) is 11.2. The average Bonchev–Trinajstić information content (AvgIpc) is 2.59. The van der Waals surface area contributed by atoms with Crippen LogP contribution < -0.4 is 10.6 Å². The van der Waals surface area contributed by atoms with Crippen molar-refractivity contribution in [1.82, 2.24) is 4.98 Å². The highest BCUT2D eigenvalue weighted by molar-refractivity contribution is 5.53. The molecule has 1 saturated heterocycles. The lowest BCUT2D eigenvalue weighted by Gasteiger charge is -2.30. The molecule has 2 N–H and O–H groups in total. The summed E-state index contributed by atoms with van der Waals surface area (Å²) in [5.74, 6) is 0.875. The fourth-order valence-electron chi connectivity index (χ4n) is 1.97. The van der Waals surface area contributed by atoms with Crippen molar-refractivity contribution in [1.29, 1.82) is 0 Å². The second-order valence-corrected chi connectivity index (χ2v) is 4.49. The summed E-state index contributed by atoms with van der Waals surface area (Å²) in [6.07, 6.45) is 3.07. The van der Waals surface area contributed by atoms with Crippen molar-refractivity contribution in [2.45, 2.75) is 31.9 Å². The lowest BCUT2D eigenvalue weighted by molar-refractivity contribution is 0.105. The molecule has 1 aromatic rings. The van der Waals surface area contributed by atoms with Gasteiger partial charge < -0.3 is 15.4 Å². The lowest BCUT2D eigenvalue weighted by Crippen LogP contribution is -2.41. The first-order valence-electron chi connectivity index (χ1n) is 5.68. The minimum Gasteiger partial charge on any atom is -0.377 e. The van der Waals surface area contributed by atoms with Crippen LogP contribution in [-0.4, -0.2) is 30.3 Å². The van der Waals surface area contributed by atoms with Crippen molar-refractivity contribution in [2.75, 3.05) is 24.3 Å². The molecule has 4 nitrogen and oxygen atoms in total. The Morgan fingerprint density at radius 1 is 1.56 bits per heavy atom. The van der Waals surface area contributed by atoms with Crippen LogP contribution in [0.4, 0.5) is 11.5 Å². The average molecular weight is 221 g/mol. The van der Waals surface area contributed by atoms with Crippen molar-refractivity contribution in [3.05, 3.63) is 18.3 Å². The smallest absolute Gasteiger partial charge is 0.127 e. The first-order chi connectivity index (χ1) is 7.64. The van der Waals surface area contributed by atoms with Gasteiger partial charge in [-0.1, -0.05) is 0 Å². The summed E-state index contributed by atoms with van der Waals surface area (Å²) in [5.41, 5.74) is 1.10. The topological polar surface area (TPSA) is 46.2 Å². The van der Waals surface area contributed by atoms with E-state index in [2.05, 4.69) is 29.5 Å². The largest absolute Gasteiger partial charge is 0.377 e. The van der Waals surface area contributed by atoms with Gasteiger partial charge >= 0.3 is 0 Å². The first-order valence-corrected chi connectivity index (χ1v) is 5.68. The maximum atomic E-state index is 5.60. The molecule has 88 valence electrons. The molecule has 0 aliphatic carbocycles. The van der Waals surface area contributed by atoms with E-state index in [-0.39, 0.29) is 11.6 Å². The van der Waals surface area contributed by atoms with Gasteiger partial charge in [0.25, 0.3) is 0 Å². The predicted molar refractivity (Wildman–Crippen MR) is 65.8 cm³/mol. The van der Waals surface area contributed by atoms with Crippen LogP contribution in [0, 0.1) is 0 Å².